The number of carbonyl (C=O) groups is 1. The molecule has 0 bridgehead atoms. The van der Waals surface area contributed by atoms with Crippen LogP contribution in [-0.2, 0) is 6.42 Å². The molecule has 30 heavy (non-hydrogen) atoms. The quantitative estimate of drug-likeness (QED) is 0.621. The number of amidine groups is 1. The predicted octanol–water partition coefficient (Wildman–Crippen LogP) is 2.55. The van der Waals surface area contributed by atoms with Gasteiger partial charge in [-0.05, 0) is 24.1 Å². The summed E-state index contributed by atoms with van der Waals surface area (Å²) in [4.78, 5) is 11.2. The van der Waals surface area contributed by atoms with E-state index in [4.69, 9.17) is 9.84 Å². The molecule has 2 aromatic carbocycles. The van der Waals surface area contributed by atoms with Crippen molar-refractivity contribution in [1.29, 1.82) is 0 Å². The van der Waals surface area contributed by atoms with Crippen LogP contribution in [-0.4, -0.2) is 39.4 Å². The summed E-state index contributed by atoms with van der Waals surface area (Å²) in [7, 11) is 1.55. The lowest BCUT2D eigenvalue weighted by Crippen LogP contribution is -2.44. The molecule has 0 fully saturated rings. The standard InChI is InChI=1S/C21H19N5O4/c1-30-14-6-7-16(19(27)10-14)17-8-12-4-2-3-5-15(12)18-9-13(22-21(28)29)11-25-24-23-20(17)26(18)25/h2-7,9-11,17,22,24,27H,8H2,1H3,(H,28,29). The van der Waals surface area contributed by atoms with Crippen LogP contribution in [0.3, 0.4) is 0 Å². The minimum atomic E-state index is -1.14. The minimum Gasteiger partial charge on any atom is -0.508 e. The Bertz CT molecular complexity index is 1140. The van der Waals surface area contributed by atoms with Crippen molar-refractivity contribution in [3.63, 3.8) is 0 Å². The maximum atomic E-state index is 11.2. The molecule has 0 aromatic heterocycles. The molecule has 0 saturated heterocycles. The van der Waals surface area contributed by atoms with Crippen LogP contribution < -0.4 is 15.6 Å². The van der Waals surface area contributed by atoms with Crippen molar-refractivity contribution in [2.45, 2.75) is 12.3 Å². The minimum absolute atomic E-state index is 0.131. The van der Waals surface area contributed by atoms with Gasteiger partial charge in [0.1, 0.15) is 11.5 Å². The zero-order chi connectivity index (χ0) is 20.8. The van der Waals surface area contributed by atoms with Gasteiger partial charge in [-0.15, -0.1) is 5.10 Å². The molecule has 152 valence electrons. The van der Waals surface area contributed by atoms with Gasteiger partial charge in [-0.25, -0.2) is 9.80 Å². The molecule has 1 atom stereocenters. The Morgan fingerprint density at radius 3 is 2.90 bits per heavy atom. The number of allylic oxidation sites excluding steroid dienone is 1. The lowest BCUT2D eigenvalue weighted by molar-refractivity contribution is 0.127. The number of fused-ring (bicyclic) bond motifs is 2. The third-order valence-electron chi connectivity index (χ3n) is 5.37. The number of phenolic OH excluding ortho intramolecular Hbond substituents is 1. The second-order valence-corrected chi connectivity index (χ2v) is 7.11. The van der Waals surface area contributed by atoms with Gasteiger partial charge in [0.05, 0.1) is 30.6 Å². The molecule has 1 unspecified atom stereocenters. The number of hydrazine groups is 2. The number of nitrogens with one attached hydrogen (secondary N) is 2. The van der Waals surface area contributed by atoms with Crippen molar-refractivity contribution in [3.05, 3.63) is 77.1 Å². The smallest absolute Gasteiger partial charge is 0.409 e. The molecule has 9 heteroatoms. The van der Waals surface area contributed by atoms with E-state index in [0.29, 0.717) is 23.7 Å². The fourth-order valence-corrected chi connectivity index (χ4v) is 4.07. The van der Waals surface area contributed by atoms with E-state index >= 15 is 0 Å². The van der Waals surface area contributed by atoms with Gasteiger partial charge < -0.3 is 14.9 Å². The molecule has 0 saturated carbocycles. The largest absolute Gasteiger partial charge is 0.508 e. The molecule has 1 amide bonds. The highest BCUT2D eigenvalue weighted by molar-refractivity contribution is 5.99. The number of hydrogen-bond donors (Lipinski definition) is 4. The van der Waals surface area contributed by atoms with E-state index in [-0.39, 0.29) is 11.7 Å². The monoisotopic (exact) mass is 405 g/mol. The number of carboxylic acid groups (broad SMARTS) is 1. The number of amides is 1. The van der Waals surface area contributed by atoms with Crippen molar-refractivity contribution in [2.75, 3.05) is 7.11 Å². The Morgan fingerprint density at radius 1 is 1.30 bits per heavy atom. The molecule has 5 rings (SSSR count). The summed E-state index contributed by atoms with van der Waals surface area (Å²) >= 11 is 0. The molecular formula is C21H19N5O4. The molecule has 0 radical (unpaired) electrons. The molecule has 9 nitrogen and oxygen atoms in total. The lowest BCUT2D eigenvalue weighted by atomic mass is 9.89. The van der Waals surface area contributed by atoms with Crippen molar-refractivity contribution in [1.82, 2.24) is 21.0 Å². The van der Waals surface area contributed by atoms with Crippen LogP contribution in [0.25, 0.3) is 5.70 Å². The van der Waals surface area contributed by atoms with Gasteiger partial charge in [0, 0.05) is 17.2 Å². The number of phenols is 1. The molecule has 3 heterocycles. The summed E-state index contributed by atoms with van der Waals surface area (Å²) < 4.78 is 5.22. The topological polar surface area (TPSA) is 110 Å². The number of ether oxygens (including phenoxy) is 1. The molecule has 0 aliphatic carbocycles. The van der Waals surface area contributed by atoms with Crippen LogP contribution in [0.1, 0.15) is 22.6 Å². The van der Waals surface area contributed by atoms with Crippen molar-refractivity contribution >= 4 is 17.6 Å². The van der Waals surface area contributed by atoms with Crippen LogP contribution >= 0.6 is 0 Å². The van der Waals surface area contributed by atoms with Crippen molar-refractivity contribution < 1.29 is 19.7 Å². The van der Waals surface area contributed by atoms with E-state index in [0.717, 1.165) is 22.4 Å². The average molecular weight is 405 g/mol. The fraction of sp³-hybridized carbons (Fsp3) is 0.143. The van der Waals surface area contributed by atoms with Crippen LogP contribution in [0, 0.1) is 0 Å². The Kier molecular flexibility index (Phi) is 4.02. The summed E-state index contributed by atoms with van der Waals surface area (Å²) in [5, 5.41) is 30.3. The highest BCUT2D eigenvalue weighted by Gasteiger charge is 2.40. The number of benzene rings is 2. The third kappa shape index (κ3) is 2.79. The number of rotatable bonds is 3. The highest BCUT2D eigenvalue weighted by Crippen LogP contribution is 2.42. The molecule has 4 N–H and O–H groups in total. The Hall–Kier alpha value is -4.14. The highest BCUT2D eigenvalue weighted by atomic mass is 16.5. The summed E-state index contributed by atoms with van der Waals surface area (Å²) in [5.74, 6) is 1.17. The molecule has 0 spiro atoms. The van der Waals surface area contributed by atoms with E-state index in [9.17, 15) is 9.90 Å². The summed E-state index contributed by atoms with van der Waals surface area (Å²) in [5.41, 5.74) is 6.89. The van der Waals surface area contributed by atoms with Crippen LogP contribution in [0.15, 0.2) is 65.5 Å². The summed E-state index contributed by atoms with van der Waals surface area (Å²) in [6.45, 7) is 0. The van der Waals surface area contributed by atoms with Gasteiger partial charge in [0.15, 0.2) is 5.84 Å². The van der Waals surface area contributed by atoms with Crippen LogP contribution in [0.2, 0.25) is 0 Å². The first kappa shape index (κ1) is 17.9. The first-order chi connectivity index (χ1) is 14.5. The first-order valence-corrected chi connectivity index (χ1v) is 9.36. The van der Waals surface area contributed by atoms with Crippen LogP contribution in [0.4, 0.5) is 4.79 Å². The third-order valence-corrected chi connectivity index (χ3v) is 5.37. The van der Waals surface area contributed by atoms with Gasteiger partial charge in [0.25, 0.3) is 0 Å². The van der Waals surface area contributed by atoms with E-state index in [1.165, 1.54) is 0 Å². The Morgan fingerprint density at radius 2 is 2.13 bits per heavy atom. The van der Waals surface area contributed by atoms with Gasteiger partial charge in [-0.3, -0.25) is 5.32 Å². The van der Waals surface area contributed by atoms with Gasteiger partial charge >= 0.3 is 6.09 Å². The first-order valence-electron chi connectivity index (χ1n) is 9.36. The number of methoxy groups -OCH3 is 1. The molecule has 3 aliphatic rings. The van der Waals surface area contributed by atoms with Crippen molar-refractivity contribution in [3.8, 4) is 11.5 Å². The Labute approximate surface area is 172 Å². The SMILES string of the molecule is COc1ccc(C2Cc3ccccc3C3=CC(NC(=O)O)=CN4NN=C2N34)c(O)c1. The van der Waals surface area contributed by atoms with Gasteiger partial charge in [-0.2, -0.15) is 10.7 Å². The van der Waals surface area contributed by atoms with Crippen LogP contribution in [0.5, 0.6) is 11.5 Å². The van der Waals surface area contributed by atoms with Gasteiger partial charge in [0.2, 0.25) is 0 Å². The Balaban J connectivity index is 1.65. The summed E-state index contributed by atoms with van der Waals surface area (Å²) in [6.07, 6.45) is 2.87. The fourth-order valence-electron chi connectivity index (χ4n) is 4.07. The second-order valence-electron chi connectivity index (χ2n) is 7.11. The average Bonchev–Trinajstić information content (AvgIpc) is 3.09. The predicted molar refractivity (Wildman–Crippen MR) is 109 cm³/mol. The molecular weight excluding hydrogens is 386 g/mol. The zero-order valence-corrected chi connectivity index (χ0v) is 16.0. The van der Waals surface area contributed by atoms with Gasteiger partial charge in [-0.1, -0.05) is 30.3 Å². The van der Waals surface area contributed by atoms with E-state index in [1.54, 1.807) is 30.6 Å². The van der Waals surface area contributed by atoms with E-state index in [2.05, 4.69) is 16.0 Å². The summed E-state index contributed by atoms with van der Waals surface area (Å²) in [6, 6.07) is 13.2. The number of nitrogens with zero attached hydrogens (tertiary/aromatic N) is 3. The van der Waals surface area contributed by atoms with E-state index < -0.39 is 6.09 Å². The molecule has 3 aliphatic heterocycles. The maximum Gasteiger partial charge on any atom is 0.409 e. The lowest BCUT2D eigenvalue weighted by Gasteiger charge is -2.34. The molecule has 2 aromatic rings. The maximum absolute atomic E-state index is 11.2. The number of aromatic hydroxyl groups is 1. The zero-order valence-electron chi connectivity index (χ0n) is 16.0. The number of hydrogen-bond acceptors (Lipinski definition) is 7. The normalized spacial score (nSPS) is 18.8. The van der Waals surface area contributed by atoms with Crippen molar-refractivity contribution in [2.24, 2.45) is 5.10 Å². The second kappa shape index (κ2) is 6.73. The van der Waals surface area contributed by atoms with E-state index in [1.807, 2.05) is 41.4 Å². The number of hydrazone groups is 1.